The molecule has 1 N–H and O–H groups in total. The fourth-order valence-corrected chi connectivity index (χ4v) is 2.89. The maximum absolute atomic E-state index is 9.55. The highest BCUT2D eigenvalue weighted by Gasteiger charge is 2.36. The Labute approximate surface area is 116 Å². The van der Waals surface area contributed by atoms with Crippen LogP contribution in [0, 0.1) is 6.92 Å². The van der Waals surface area contributed by atoms with Crippen molar-refractivity contribution in [3.8, 4) is 0 Å². The highest BCUT2D eigenvalue weighted by molar-refractivity contribution is 5.21. The lowest BCUT2D eigenvalue weighted by Crippen LogP contribution is -2.63. The zero-order chi connectivity index (χ0) is 14.0. The largest absolute Gasteiger partial charge is 0.395 e. The van der Waals surface area contributed by atoms with Crippen LogP contribution in [0.3, 0.4) is 0 Å². The summed E-state index contributed by atoms with van der Waals surface area (Å²) in [4.78, 5) is 4.75. The summed E-state index contributed by atoms with van der Waals surface area (Å²) in [6.07, 6.45) is 0. The average Bonchev–Trinajstić information content (AvgIpc) is 2.36. The number of piperazine rings is 1. The third kappa shape index (κ3) is 3.35. The second-order valence-corrected chi connectivity index (χ2v) is 6.41. The van der Waals surface area contributed by atoms with Gasteiger partial charge in [-0.15, -0.1) is 0 Å². The summed E-state index contributed by atoms with van der Waals surface area (Å²) in [5.74, 6) is 0. The van der Waals surface area contributed by atoms with Crippen molar-refractivity contribution in [1.82, 2.24) is 9.80 Å². The number of aliphatic hydroxyl groups is 1. The Morgan fingerprint density at radius 2 is 1.89 bits per heavy atom. The highest BCUT2D eigenvalue weighted by atomic mass is 16.3. The first-order chi connectivity index (χ1) is 8.92. The SMILES string of the molecule is Cc1ccc(CN2CC(CO)N(C)C(C)(C)C2)cc1. The van der Waals surface area contributed by atoms with Crippen LogP contribution < -0.4 is 0 Å². The zero-order valence-electron chi connectivity index (χ0n) is 12.6. The molecule has 19 heavy (non-hydrogen) atoms. The van der Waals surface area contributed by atoms with Gasteiger partial charge in [0.25, 0.3) is 0 Å². The van der Waals surface area contributed by atoms with Crippen LogP contribution in [0.15, 0.2) is 24.3 Å². The number of rotatable bonds is 3. The Bertz CT molecular complexity index is 413. The van der Waals surface area contributed by atoms with Crippen LogP contribution in [0.25, 0.3) is 0 Å². The van der Waals surface area contributed by atoms with E-state index in [1.165, 1.54) is 11.1 Å². The molecule has 2 rings (SSSR count). The van der Waals surface area contributed by atoms with Gasteiger partial charge in [0.15, 0.2) is 0 Å². The molecule has 0 amide bonds. The Balaban J connectivity index is 2.06. The van der Waals surface area contributed by atoms with Crippen LogP contribution in [-0.2, 0) is 6.54 Å². The minimum Gasteiger partial charge on any atom is -0.395 e. The van der Waals surface area contributed by atoms with E-state index in [0.29, 0.717) is 0 Å². The third-order valence-corrected chi connectivity index (χ3v) is 4.32. The van der Waals surface area contributed by atoms with Crippen LogP contribution >= 0.6 is 0 Å². The van der Waals surface area contributed by atoms with Crippen molar-refractivity contribution in [3.05, 3.63) is 35.4 Å². The highest BCUT2D eigenvalue weighted by Crippen LogP contribution is 2.24. The van der Waals surface area contributed by atoms with Crippen LogP contribution in [-0.4, -0.2) is 53.2 Å². The number of likely N-dealkylation sites (N-methyl/N-ethyl adjacent to an activating group) is 1. The Hall–Kier alpha value is -0.900. The van der Waals surface area contributed by atoms with Crippen molar-refractivity contribution >= 4 is 0 Å². The van der Waals surface area contributed by atoms with E-state index in [-0.39, 0.29) is 18.2 Å². The Morgan fingerprint density at radius 3 is 2.47 bits per heavy atom. The van der Waals surface area contributed by atoms with E-state index in [9.17, 15) is 5.11 Å². The molecule has 0 aliphatic carbocycles. The lowest BCUT2D eigenvalue weighted by atomic mass is 9.95. The van der Waals surface area contributed by atoms with E-state index < -0.39 is 0 Å². The van der Waals surface area contributed by atoms with Gasteiger partial charge in [0.05, 0.1) is 6.61 Å². The molecular weight excluding hydrogens is 236 g/mol. The van der Waals surface area contributed by atoms with Crippen molar-refractivity contribution in [2.24, 2.45) is 0 Å². The van der Waals surface area contributed by atoms with E-state index in [4.69, 9.17) is 0 Å². The summed E-state index contributed by atoms with van der Waals surface area (Å²) >= 11 is 0. The number of hydrogen-bond acceptors (Lipinski definition) is 3. The molecule has 1 aromatic carbocycles. The molecule has 1 aliphatic heterocycles. The standard InChI is InChI=1S/C16H26N2O/c1-13-5-7-14(8-6-13)9-18-10-15(11-19)17(4)16(2,3)12-18/h5-8,15,19H,9-12H2,1-4H3. The van der Waals surface area contributed by atoms with Gasteiger partial charge >= 0.3 is 0 Å². The van der Waals surface area contributed by atoms with Crippen LogP contribution in [0.4, 0.5) is 0 Å². The van der Waals surface area contributed by atoms with Crippen LogP contribution in [0.5, 0.6) is 0 Å². The van der Waals surface area contributed by atoms with Crippen molar-refractivity contribution < 1.29 is 5.11 Å². The summed E-state index contributed by atoms with van der Waals surface area (Å²) in [6.45, 7) is 9.77. The van der Waals surface area contributed by atoms with Gasteiger partial charge in [-0.3, -0.25) is 9.80 Å². The maximum atomic E-state index is 9.55. The number of benzene rings is 1. The number of nitrogens with zero attached hydrogens (tertiary/aromatic N) is 2. The van der Waals surface area contributed by atoms with Gasteiger partial charge in [0, 0.05) is 31.2 Å². The summed E-state index contributed by atoms with van der Waals surface area (Å²) < 4.78 is 0. The van der Waals surface area contributed by atoms with Crippen LogP contribution in [0.1, 0.15) is 25.0 Å². The van der Waals surface area contributed by atoms with Crippen molar-refractivity contribution in [2.45, 2.75) is 38.9 Å². The Morgan fingerprint density at radius 1 is 1.26 bits per heavy atom. The minimum atomic E-state index is 0.107. The lowest BCUT2D eigenvalue weighted by molar-refractivity contribution is -0.0297. The quantitative estimate of drug-likeness (QED) is 0.901. The smallest absolute Gasteiger partial charge is 0.0599 e. The van der Waals surface area contributed by atoms with Crippen molar-refractivity contribution in [1.29, 1.82) is 0 Å². The second-order valence-electron chi connectivity index (χ2n) is 6.41. The van der Waals surface area contributed by atoms with Crippen LogP contribution in [0.2, 0.25) is 0 Å². The fraction of sp³-hybridized carbons (Fsp3) is 0.625. The molecule has 1 aliphatic rings. The summed E-state index contributed by atoms with van der Waals surface area (Å²) in [6, 6.07) is 8.97. The predicted molar refractivity (Wildman–Crippen MR) is 79.2 cm³/mol. The summed E-state index contributed by atoms with van der Waals surface area (Å²) in [5, 5.41) is 9.55. The lowest BCUT2D eigenvalue weighted by Gasteiger charge is -2.49. The van der Waals surface area contributed by atoms with E-state index in [1.807, 2.05) is 0 Å². The van der Waals surface area contributed by atoms with E-state index in [0.717, 1.165) is 19.6 Å². The third-order valence-electron chi connectivity index (χ3n) is 4.32. The first-order valence-corrected chi connectivity index (χ1v) is 7.04. The monoisotopic (exact) mass is 262 g/mol. The van der Waals surface area contributed by atoms with Crippen molar-refractivity contribution in [2.75, 3.05) is 26.7 Å². The summed E-state index contributed by atoms with van der Waals surface area (Å²) in [5.41, 5.74) is 2.76. The molecule has 0 aromatic heterocycles. The topological polar surface area (TPSA) is 26.7 Å². The van der Waals surface area contributed by atoms with Gasteiger partial charge in [0.2, 0.25) is 0 Å². The molecule has 0 radical (unpaired) electrons. The van der Waals surface area contributed by atoms with E-state index >= 15 is 0 Å². The molecule has 0 spiro atoms. The maximum Gasteiger partial charge on any atom is 0.0599 e. The molecule has 1 saturated heterocycles. The van der Waals surface area contributed by atoms with E-state index in [1.54, 1.807) is 0 Å². The summed E-state index contributed by atoms with van der Waals surface area (Å²) in [7, 11) is 2.12. The molecule has 1 unspecified atom stereocenters. The minimum absolute atomic E-state index is 0.107. The molecule has 1 atom stereocenters. The fourth-order valence-electron chi connectivity index (χ4n) is 2.89. The molecule has 1 heterocycles. The molecule has 3 nitrogen and oxygen atoms in total. The van der Waals surface area contributed by atoms with Gasteiger partial charge in [-0.1, -0.05) is 29.8 Å². The predicted octanol–water partition coefficient (Wildman–Crippen LogP) is 1.88. The van der Waals surface area contributed by atoms with E-state index in [2.05, 4.69) is 61.9 Å². The van der Waals surface area contributed by atoms with Gasteiger partial charge in [-0.2, -0.15) is 0 Å². The molecule has 106 valence electrons. The van der Waals surface area contributed by atoms with Gasteiger partial charge in [-0.05, 0) is 33.4 Å². The first kappa shape index (κ1) is 14.5. The molecule has 0 saturated carbocycles. The molecule has 1 fully saturated rings. The van der Waals surface area contributed by atoms with Gasteiger partial charge in [-0.25, -0.2) is 0 Å². The number of aryl methyl sites for hydroxylation is 1. The Kier molecular flexibility index (Phi) is 4.29. The van der Waals surface area contributed by atoms with Gasteiger partial charge in [0.1, 0.15) is 0 Å². The number of aliphatic hydroxyl groups excluding tert-OH is 1. The second kappa shape index (κ2) is 5.61. The number of hydrogen-bond donors (Lipinski definition) is 1. The first-order valence-electron chi connectivity index (χ1n) is 7.04. The molecule has 0 bridgehead atoms. The average molecular weight is 262 g/mol. The molecular formula is C16H26N2O. The van der Waals surface area contributed by atoms with Crippen molar-refractivity contribution in [3.63, 3.8) is 0 Å². The molecule has 3 heteroatoms. The van der Waals surface area contributed by atoms with Gasteiger partial charge < -0.3 is 5.11 Å². The molecule has 1 aromatic rings. The zero-order valence-corrected chi connectivity index (χ0v) is 12.6. The normalized spacial score (nSPS) is 24.6.